The molecule has 0 aliphatic rings. The number of nitrogens with zero attached hydrogens (tertiary/aromatic N) is 1. The van der Waals surface area contributed by atoms with E-state index in [1.807, 2.05) is 45.0 Å². The standard InChI is InChI=1S/C20H28N2O2Si/c1-20(2,3)24-19(23)22(16-9-7-15(21)8-10-16)17-11-13-18(14-12-17)25(4,5)6/h7-14H,21H2,1-6H3. The summed E-state index contributed by atoms with van der Waals surface area (Å²) in [5.74, 6) is 0. The molecule has 0 aromatic heterocycles. The van der Waals surface area contributed by atoms with Crippen LogP contribution in [-0.2, 0) is 4.74 Å². The van der Waals surface area contributed by atoms with Gasteiger partial charge in [-0.15, -0.1) is 0 Å². The molecule has 2 aromatic rings. The van der Waals surface area contributed by atoms with Gasteiger partial charge in [-0.3, -0.25) is 0 Å². The van der Waals surface area contributed by atoms with E-state index in [4.69, 9.17) is 10.5 Å². The average molecular weight is 357 g/mol. The topological polar surface area (TPSA) is 55.6 Å². The van der Waals surface area contributed by atoms with Crippen LogP contribution in [0.3, 0.4) is 0 Å². The van der Waals surface area contributed by atoms with Gasteiger partial charge < -0.3 is 10.5 Å². The van der Waals surface area contributed by atoms with Gasteiger partial charge in [-0.05, 0) is 57.2 Å². The van der Waals surface area contributed by atoms with E-state index in [-0.39, 0.29) is 0 Å². The molecule has 0 heterocycles. The van der Waals surface area contributed by atoms with Crippen LogP contribution >= 0.6 is 0 Å². The van der Waals surface area contributed by atoms with Gasteiger partial charge >= 0.3 is 6.09 Å². The zero-order chi connectivity index (χ0) is 18.8. The molecule has 134 valence electrons. The number of nitrogen functional groups attached to an aromatic ring is 1. The molecule has 0 atom stereocenters. The van der Waals surface area contributed by atoms with Crippen molar-refractivity contribution in [3.8, 4) is 0 Å². The molecule has 0 aliphatic carbocycles. The lowest BCUT2D eigenvalue weighted by atomic mass is 10.2. The Morgan fingerprint density at radius 2 is 1.36 bits per heavy atom. The second-order valence-electron chi connectivity index (χ2n) is 8.20. The molecule has 0 aliphatic heterocycles. The van der Waals surface area contributed by atoms with Crippen molar-refractivity contribution in [2.45, 2.75) is 46.0 Å². The van der Waals surface area contributed by atoms with Crippen molar-refractivity contribution >= 4 is 36.4 Å². The van der Waals surface area contributed by atoms with Crippen molar-refractivity contribution < 1.29 is 9.53 Å². The molecule has 5 heteroatoms. The number of hydrogen-bond acceptors (Lipinski definition) is 3. The summed E-state index contributed by atoms with van der Waals surface area (Å²) >= 11 is 0. The Hall–Kier alpha value is -2.27. The van der Waals surface area contributed by atoms with Gasteiger partial charge in [-0.25, -0.2) is 9.69 Å². The van der Waals surface area contributed by atoms with Gasteiger partial charge in [0.05, 0.1) is 19.4 Å². The molecule has 4 nitrogen and oxygen atoms in total. The van der Waals surface area contributed by atoms with Crippen LogP contribution in [0.25, 0.3) is 0 Å². The van der Waals surface area contributed by atoms with Crippen LogP contribution in [0.1, 0.15) is 20.8 Å². The first-order valence-electron chi connectivity index (χ1n) is 8.46. The summed E-state index contributed by atoms with van der Waals surface area (Å²) in [6.45, 7) is 12.5. The van der Waals surface area contributed by atoms with E-state index in [1.54, 1.807) is 17.0 Å². The van der Waals surface area contributed by atoms with Gasteiger partial charge in [-0.2, -0.15) is 0 Å². The summed E-state index contributed by atoms with van der Waals surface area (Å²) in [6, 6.07) is 15.4. The monoisotopic (exact) mass is 356 g/mol. The molecule has 2 N–H and O–H groups in total. The molecule has 0 radical (unpaired) electrons. The number of ether oxygens (including phenoxy) is 1. The highest BCUT2D eigenvalue weighted by molar-refractivity contribution is 6.88. The van der Waals surface area contributed by atoms with Crippen molar-refractivity contribution in [3.63, 3.8) is 0 Å². The van der Waals surface area contributed by atoms with Crippen LogP contribution in [-0.4, -0.2) is 19.8 Å². The van der Waals surface area contributed by atoms with E-state index >= 15 is 0 Å². The summed E-state index contributed by atoms with van der Waals surface area (Å²) in [7, 11) is -1.39. The third-order valence-corrected chi connectivity index (χ3v) is 5.78. The minimum Gasteiger partial charge on any atom is -0.443 e. The van der Waals surface area contributed by atoms with Gasteiger partial charge in [-0.1, -0.05) is 37.0 Å². The minimum absolute atomic E-state index is 0.405. The zero-order valence-electron chi connectivity index (χ0n) is 16.0. The summed E-state index contributed by atoms with van der Waals surface area (Å²) in [4.78, 5) is 14.4. The second-order valence-corrected chi connectivity index (χ2v) is 13.3. The van der Waals surface area contributed by atoms with Gasteiger partial charge in [0.2, 0.25) is 0 Å². The molecular weight excluding hydrogens is 328 g/mol. The Kier molecular flexibility index (Phi) is 5.27. The van der Waals surface area contributed by atoms with Crippen LogP contribution < -0.4 is 15.8 Å². The molecule has 0 spiro atoms. The zero-order valence-corrected chi connectivity index (χ0v) is 17.0. The van der Waals surface area contributed by atoms with E-state index in [2.05, 4.69) is 31.8 Å². The number of carbonyl (C=O) groups excluding carboxylic acids is 1. The van der Waals surface area contributed by atoms with Crippen LogP contribution in [0.15, 0.2) is 48.5 Å². The van der Waals surface area contributed by atoms with Crippen molar-refractivity contribution in [1.29, 1.82) is 0 Å². The minimum atomic E-state index is -1.39. The van der Waals surface area contributed by atoms with Gasteiger partial charge in [0.25, 0.3) is 0 Å². The number of benzene rings is 2. The molecule has 25 heavy (non-hydrogen) atoms. The lowest BCUT2D eigenvalue weighted by Gasteiger charge is -2.28. The first kappa shape index (κ1) is 19.1. The molecule has 1 amide bonds. The van der Waals surface area contributed by atoms with E-state index < -0.39 is 19.8 Å². The fraction of sp³-hybridized carbons (Fsp3) is 0.350. The third-order valence-electron chi connectivity index (χ3n) is 3.72. The van der Waals surface area contributed by atoms with E-state index in [0.717, 1.165) is 11.4 Å². The number of nitrogens with two attached hydrogens (primary N) is 1. The van der Waals surface area contributed by atoms with Crippen molar-refractivity contribution in [1.82, 2.24) is 0 Å². The Labute approximate surface area is 151 Å². The molecular formula is C20H28N2O2Si. The lowest BCUT2D eigenvalue weighted by molar-refractivity contribution is 0.0599. The van der Waals surface area contributed by atoms with Crippen molar-refractivity contribution in [2.24, 2.45) is 0 Å². The van der Waals surface area contributed by atoms with Gasteiger partial charge in [0, 0.05) is 5.69 Å². The highest BCUT2D eigenvalue weighted by Crippen LogP contribution is 2.28. The molecule has 0 unspecified atom stereocenters. The summed E-state index contributed by atoms with van der Waals surface area (Å²) in [5.41, 5.74) is 7.37. The van der Waals surface area contributed by atoms with E-state index in [0.29, 0.717) is 5.69 Å². The summed E-state index contributed by atoms with van der Waals surface area (Å²) in [5, 5.41) is 1.35. The second kappa shape index (κ2) is 6.92. The number of amides is 1. The van der Waals surface area contributed by atoms with Crippen molar-refractivity contribution in [3.05, 3.63) is 48.5 Å². The van der Waals surface area contributed by atoms with Gasteiger partial charge in [0.1, 0.15) is 5.60 Å². The predicted octanol–water partition coefficient (Wildman–Crippen LogP) is 4.89. The Morgan fingerprint density at radius 3 is 1.76 bits per heavy atom. The van der Waals surface area contributed by atoms with Crippen LogP contribution in [0, 0.1) is 0 Å². The highest BCUT2D eigenvalue weighted by Gasteiger charge is 2.25. The maximum absolute atomic E-state index is 12.8. The quantitative estimate of drug-likeness (QED) is 0.629. The van der Waals surface area contributed by atoms with Crippen LogP contribution in [0.5, 0.6) is 0 Å². The first-order valence-corrected chi connectivity index (χ1v) is 12.0. The fourth-order valence-electron chi connectivity index (χ4n) is 2.40. The largest absolute Gasteiger partial charge is 0.443 e. The fourth-order valence-corrected chi connectivity index (χ4v) is 3.57. The van der Waals surface area contributed by atoms with Gasteiger partial charge in [0.15, 0.2) is 0 Å². The lowest BCUT2D eigenvalue weighted by Crippen LogP contribution is -2.38. The third kappa shape index (κ3) is 5.10. The van der Waals surface area contributed by atoms with E-state index in [9.17, 15) is 4.79 Å². The summed E-state index contributed by atoms with van der Waals surface area (Å²) in [6.07, 6.45) is -0.405. The molecule has 0 bridgehead atoms. The number of hydrogen-bond donors (Lipinski definition) is 1. The van der Waals surface area contributed by atoms with E-state index in [1.165, 1.54) is 5.19 Å². The number of rotatable bonds is 3. The average Bonchev–Trinajstić information content (AvgIpc) is 2.47. The Morgan fingerprint density at radius 1 is 0.920 bits per heavy atom. The maximum atomic E-state index is 12.8. The Balaban J connectivity index is 2.44. The smallest absolute Gasteiger partial charge is 0.419 e. The first-order chi connectivity index (χ1) is 11.5. The SMILES string of the molecule is CC(C)(C)OC(=O)N(c1ccc(N)cc1)c1ccc([Si](C)(C)C)cc1. The van der Waals surface area contributed by atoms with Crippen LogP contribution in [0.4, 0.5) is 21.9 Å². The Bertz CT molecular complexity index is 726. The summed E-state index contributed by atoms with van der Waals surface area (Å²) < 4.78 is 5.60. The molecule has 2 rings (SSSR count). The molecule has 0 saturated heterocycles. The predicted molar refractivity (Wildman–Crippen MR) is 109 cm³/mol. The number of anilines is 3. The van der Waals surface area contributed by atoms with Crippen LogP contribution in [0.2, 0.25) is 19.6 Å². The maximum Gasteiger partial charge on any atom is 0.419 e. The normalized spacial score (nSPS) is 11.9. The molecule has 0 fully saturated rings. The number of carbonyl (C=O) groups is 1. The highest BCUT2D eigenvalue weighted by atomic mass is 28.3. The molecule has 2 aromatic carbocycles. The van der Waals surface area contributed by atoms with Crippen molar-refractivity contribution in [2.75, 3.05) is 10.6 Å². The molecule has 0 saturated carbocycles.